The lowest BCUT2D eigenvalue weighted by Crippen LogP contribution is -2.21. The van der Waals surface area contributed by atoms with Crippen molar-refractivity contribution in [2.75, 3.05) is 26.0 Å². The summed E-state index contributed by atoms with van der Waals surface area (Å²) in [4.78, 5) is 28.2. The first-order valence-electron chi connectivity index (χ1n) is 12.1. The maximum absolute atomic E-state index is 13.3. The molecule has 3 N–H and O–H groups in total. The van der Waals surface area contributed by atoms with Gasteiger partial charge in [-0.05, 0) is 85.9 Å². The Labute approximate surface area is 239 Å². The van der Waals surface area contributed by atoms with Crippen LogP contribution in [0.15, 0.2) is 77.0 Å². The third kappa shape index (κ3) is 8.18. The first kappa shape index (κ1) is 28.9. The minimum absolute atomic E-state index is 0.0245. The molecule has 1 unspecified atom stereocenters. The van der Waals surface area contributed by atoms with E-state index in [0.717, 1.165) is 18.5 Å². The number of tetrazole rings is 1. The second-order valence-electron chi connectivity index (χ2n) is 8.91. The van der Waals surface area contributed by atoms with Crippen LogP contribution in [0.2, 0.25) is 5.02 Å². The van der Waals surface area contributed by atoms with Gasteiger partial charge in [0, 0.05) is 15.8 Å². The number of nitrogens with one attached hydrogen (secondary N) is 3. The van der Waals surface area contributed by atoms with Gasteiger partial charge in [0.1, 0.15) is 5.82 Å². The molecular formula is C27H26ClFN8O2S. The number of benzene rings is 3. The molecule has 0 bridgehead atoms. The van der Waals surface area contributed by atoms with Gasteiger partial charge in [-0.15, -0.1) is 10.2 Å². The van der Waals surface area contributed by atoms with E-state index >= 15 is 0 Å². The van der Waals surface area contributed by atoms with Gasteiger partial charge in [0.05, 0.1) is 17.5 Å². The fourth-order valence-electron chi connectivity index (χ4n) is 3.66. The molecule has 40 heavy (non-hydrogen) atoms. The normalized spacial score (nSPS) is 12.0. The molecule has 3 aromatic carbocycles. The largest absolute Gasteiger partial charge is 0.321 e. The van der Waals surface area contributed by atoms with Crippen molar-refractivity contribution in [1.29, 1.82) is 0 Å². The highest BCUT2D eigenvalue weighted by molar-refractivity contribution is 7.99. The van der Waals surface area contributed by atoms with E-state index in [4.69, 9.17) is 11.6 Å². The van der Waals surface area contributed by atoms with E-state index in [1.165, 1.54) is 48.3 Å². The number of nitrogens with zero attached hydrogens (tertiary/aromatic N) is 5. The minimum Gasteiger partial charge on any atom is -0.321 e. The Morgan fingerprint density at radius 2 is 1.93 bits per heavy atom. The molecule has 0 aliphatic rings. The number of halogens is 2. The van der Waals surface area contributed by atoms with Crippen LogP contribution in [0.5, 0.6) is 0 Å². The molecule has 1 aromatic heterocycles. The Morgan fingerprint density at radius 1 is 1.12 bits per heavy atom. The van der Waals surface area contributed by atoms with Crippen molar-refractivity contribution in [3.63, 3.8) is 0 Å². The van der Waals surface area contributed by atoms with Gasteiger partial charge in [-0.3, -0.25) is 9.59 Å². The van der Waals surface area contributed by atoms with Crippen molar-refractivity contribution in [3.8, 4) is 0 Å². The summed E-state index contributed by atoms with van der Waals surface area (Å²) in [5.74, 6) is -1.35. The number of carbonyl (C=O) groups excluding carboxylic acids is 2. The highest BCUT2D eigenvalue weighted by Gasteiger charge is 2.19. The average molecular weight is 581 g/mol. The van der Waals surface area contributed by atoms with Gasteiger partial charge >= 0.3 is 0 Å². The summed E-state index contributed by atoms with van der Waals surface area (Å²) in [5, 5.41) is 21.7. The van der Waals surface area contributed by atoms with Gasteiger partial charge in [-0.1, -0.05) is 47.6 Å². The molecule has 0 saturated carbocycles. The zero-order valence-electron chi connectivity index (χ0n) is 21.6. The predicted molar refractivity (Wildman–Crippen MR) is 153 cm³/mol. The summed E-state index contributed by atoms with van der Waals surface area (Å²) in [5.41, 5.74) is 4.74. The molecule has 10 nitrogen and oxygen atoms in total. The number of carbonyl (C=O) groups is 2. The van der Waals surface area contributed by atoms with Crippen molar-refractivity contribution >= 4 is 47.1 Å². The van der Waals surface area contributed by atoms with E-state index in [0.29, 0.717) is 21.3 Å². The second-order valence-corrected chi connectivity index (χ2v) is 10.5. The highest BCUT2D eigenvalue weighted by Crippen LogP contribution is 2.36. The monoisotopic (exact) mass is 580 g/mol. The number of hydrazone groups is 1. The number of rotatable bonds is 11. The first-order valence-corrected chi connectivity index (χ1v) is 13.4. The molecule has 13 heteroatoms. The van der Waals surface area contributed by atoms with Crippen LogP contribution in [0, 0.1) is 5.82 Å². The van der Waals surface area contributed by atoms with E-state index < -0.39 is 11.8 Å². The quantitative estimate of drug-likeness (QED) is 0.132. The summed E-state index contributed by atoms with van der Waals surface area (Å²) < 4.78 is 13.1. The molecule has 4 rings (SSSR count). The van der Waals surface area contributed by atoms with Crippen molar-refractivity contribution < 1.29 is 14.0 Å². The third-order valence-corrected chi connectivity index (χ3v) is 7.07. The molecule has 0 spiro atoms. The van der Waals surface area contributed by atoms with Gasteiger partial charge in [0.2, 0.25) is 5.16 Å². The number of H-pyrrole nitrogens is 1. The van der Waals surface area contributed by atoms with Gasteiger partial charge in [0.15, 0.2) is 0 Å². The Balaban J connectivity index is 1.50. The topological polar surface area (TPSA) is 128 Å². The van der Waals surface area contributed by atoms with Crippen molar-refractivity contribution in [2.24, 2.45) is 5.10 Å². The Morgan fingerprint density at radius 3 is 2.65 bits per heavy atom. The number of anilines is 1. The van der Waals surface area contributed by atoms with Crippen LogP contribution in [-0.4, -0.2) is 64.2 Å². The molecule has 1 atom stereocenters. The molecule has 2 amide bonds. The van der Waals surface area contributed by atoms with E-state index in [1.54, 1.807) is 18.2 Å². The second kappa shape index (κ2) is 13.8. The van der Waals surface area contributed by atoms with Crippen LogP contribution in [0.1, 0.15) is 43.5 Å². The van der Waals surface area contributed by atoms with Crippen LogP contribution >= 0.6 is 23.4 Å². The molecular weight excluding hydrogens is 555 g/mol. The van der Waals surface area contributed by atoms with E-state index in [9.17, 15) is 14.0 Å². The van der Waals surface area contributed by atoms with Crippen LogP contribution < -0.4 is 10.7 Å². The minimum atomic E-state index is -0.579. The Bertz CT molecular complexity index is 1480. The Kier molecular flexibility index (Phi) is 9.95. The number of thioether (sulfide) groups is 1. The average Bonchev–Trinajstić information content (AvgIpc) is 3.46. The molecule has 0 radical (unpaired) electrons. The van der Waals surface area contributed by atoms with E-state index in [-0.39, 0.29) is 22.3 Å². The fourth-order valence-corrected chi connectivity index (χ4v) is 4.78. The van der Waals surface area contributed by atoms with Crippen molar-refractivity contribution in [1.82, 2.24) is 30.9 Å². The maximum atomic E-state index is 13.3. The number of hydrogen-bond donors (Lipinski definition) is 3. The molecule has 1 heterocycles. The smallest absolute Gasteiger partial charge is 0.273 e. The Hall–Kier alpha value is -4.13. The molecule has 0 saturated heterocycles. The van der Waals surface area contributed by atoms with Crippen LogP contribution in [0.3, 0.4) is 0 Å². The summed E-state index contributed by atoms with van der Waals surface area (Å²) in [6.45, 7) is 0.818. The van der Waals surface area contributed by atoms with E-state index in [1.807, 2.05) is 32.3 Å². The van der Waals surface area contributed by atoms with Gasteiger partial charge in [0.25, 0.3) is 11.8 Å². The van der Waals surface area contributed by atoms with Crippen molar-refractivity contribution in [3.05, 3.63) is 99.8 Å². The van der Waals surface area contributed by atoms with Gasteiger partial charge in [-0.2, -0.15) is 10.3 Å². The van der Waals surface area contributed by atoms with Gasteiger partial charge < -0.3 is 10.2 Å². The van der Waals surface area contributed by atoms with E-state index in [2.05, 4.69) is 41.4 Å². The first-order chi connectivity index (χ1) is 19.3. The lowest BCUT2D eigenvalue weighted by molar-refractivity contribution is 0.0956. The molecule has 206 valence electrons. The molecule has 0 fully saturated rings. The zero-order chi connectivity index (χ0) is 28.5. The highest BCUT2D eigenvalue weighted by atomic mass is 35.5. The summed E-state index contributed by atoms with van der Waals surface area (Å²) in [6, 6.07) is 17.5. The molecule has 0 aliphatic heterocycles. The zero-order valence-corrected chi connectivity index (χ0v) is 23.2. The fraction of sp³-hybridized carbons (Fsp3) is 0.185. The standard InChI is InChI=1S/C27H26ClFN8O2S/c1-37(2)13-12-24(40-27-33-35-36-34-27)18-4-3-5-19(14-18)25(38)31-23-11-8-20(28)15-22(23)26(39)32-30-16-17-6-9-21(29)10-7-17/h3-11,14-16,24H,12-13H2,1-2H3,(H,31,38)(H,32,39)(H,33,34,35,36). The predicted octanol–water partition coefficient (Wildman–Crippen LogP) is 4.79. The number of hydrogen-bond acceptors (Lipinski definition) is 8. The van der Waals surface area contributed by atoms with Crippen LogP contribution in [0.4, 0.5) is 10.1 Å². The number of amides is 2. The summed E-state index contributed by atoms with van der Waals surface area (Å²) in [7, 11) is 3.99. The van der Waals surface area contributed by atoms with Crippen LogP contribution in [0.25, 0.3) is 0 Å². The lowest BCUT2D eigenvalue weighted by Gasteiger charge is -2.18. The summed E-state index contributed by atoms with van der Waals surface area (Å²) in [6.07, 6.45) is 2.17. The maximum Gasteiger partial charge on any atom is 0.273 e. The summed E-state index contributed by atoms with van der Waals surface area (Å²) >= 11 is 7.59. The lowest BCUT2D eigenvalue weighted by atomic mass is 10.0. The van der Waals surface area contributed by atoms with Crippen molar-refractivity contribution in [2.45, 2.75) is 16.8 Å². The number of aromatic amines is 1. The van der Waals surface area contributed by atoms with Gasteiger partial charge in [-0.25, -0.2) is 9.82 Å². The SMILES string of the molecule is CN(C)CCC(Sc1nn[nH]n1)c1cccc(C(=O)Nc2ccc(Cl)cc2C(=O)NN=Cc2ccc(F)cc2)c1. The molecule has 4 aromatic rings. The number of aromatic nitrogens is 4. The van der Waals surface area contributed by atoms with Crippen LogP contribution in [-0.2, 0) is 0 Å². The third-order valence-electron chi connectivity index (χ3n) is 5.66. The molecule has 0 aliphatic carbocycles.